The van der Waals surface area contributed by atoms with Gasteiger partial charge < -0.3 is 19.9 Å². The molecule has 3 aromatic heterocycles. The number of rotatable bonds is 4. The summed E-state index contributed by atoms with van der Waals surface area (Å²) in [7, 11) is 1.96. The zero-order valence-electron chi connectivity index (χ0n) is 15.6. The summed E-state index contributed by atoms with van der Waals surface area (Å²) in [5.74, 6) is 0.904. The van der Waals surface area contributed by atoms with Crippen molar-refractivity contribution in [1.29, 1.82) is 0 Å². The Labute approximate surface area is 156 Å². The van der Waals surface area contributed by atoms with Crippen LogP contribution in [0.2, 0.25) is 0 Å². The first kappa shape index (κ1) is 17.3. The molecule has 2 N–H and O–H groups in total. The molecule has 1 saturated heterocycles. The van der Waals surface area contributed by atoms with E-state index in [1.165, 1.54) is 6.20 Å². The van der Waals surface area contributed by atoms with Crippen LogP contribution in [0.4, 0.5) is 11.6 Å². The van der Waals surface area contributed by atoms with Gasteiger partial charge in [0, 0.05) is 25.3 Å². The third kappa shape index (κ3) is 3.45. The number of anilines is 2. The number of nitrogens with zero attached hydrogens (tertiary/aromatic N) is 6. The van der Waals surface area contributed by atoms with Crippen LogP contribution in [-0.4, -0.2) is 56.4 Å². The smallest absolute Gasteiger partial charge is 0.277 e. The molecule has 1 amide bonds. The van der Waals surface area contributed by atoms with Gasteiger partial charge in [0.05, 0.1) is 30.0 Å². The number of amides is 1. The predicted octanol–water partition coefficient (Wildman–Crippen LogP) is 1.19. The average molecular weight is 366 g/mol. The van der Waals surface area contributed by atoms with Crippen molar-refractivity contribution in [1.82, 2.24) is 29.7 Å². The lowest BCUT2D eigenvalue weighted by Gasteiger charge is -2.16. The molecule has 9 nitrogen and oxygen atoms in total. The van der Waals surface area contributed by atoms with E-state index in [0.717, 1.165) is 36.7 Å². The van der Waals surface area contributed by atoms with E-state index in [1.54, 1.807) is 12.4 Å². The van der Waals surface area contributed by atoms with E-state index < -0.39 is 0 Å². The zero-order chi connectivity index (χ0) is 19.0. The molecule has 0 unspecified atom stereocenters. The van der Waals surface area contributed by atoms with Gasteiger partial charge >= 0.3 is 0 Å². The van der Waals surface area contributed by atoms with Crippen LogP contribution in [-0.2, 0) is 0 Å². The van der Waals surface area contributed by atoms with Crippen molar-refractivity contribution in [2.24, 2.45) is 0 Å². The highest BCUT2D eigenvalue weighted by atomic mass is 16.2. The average Bonchev–Trinajstić information content (AvgIpc) is 3.28. The summed E-state index contributed by atoms with van der Waals surface area (Å²) >= 11 is 0. The Morgan fingerprint density at radius 3 is 2.74 bits per heavy atom. The molecule has 0 saturated carbocycles. The molecular weight excluding hydrogens is 344 g/mol. The molecule has 0 aliphatic carbocycles. The minimum absolute atomic E-state index is 0.256. The van der Waals surface area contributed by atoms with Crippen molar-refractivity contribution in [3.05, 3.63) is 41.9 Å². The van der Waals surface area contributed by atoms with Crippen molar-refractivity contribution in [2.75, 3.05) is 30.4 Å². The zero-order valence-corrected chi connectivity index (χ0v) is 15.6. The Hall–Kier alpha value is -3.07. The third-order valence-corrected chi connectivity index (χ3v) is 4.76. The van der Waals surface area contributed by atoms with E-state index in [0.29, 0.717) is 17.5 Å². The van der Waals surface area contributed by atoms with Crippen molar-refractivity contribution in [3.8, 4) is 0 Å². The van der Waals surface area contributed by atoms with Crippen molar-refractivity contribution in [2.45, 2.75) is 26.3 Å². The van der Waals surface area contributed by atoms with Gasteiger partial charge in [-0.05, 0) is 27.3 Å². The van der Waals surface area contributed by atoms with Crippen molar-refractivity contribution >= 4 is 23.2 Å². The molecular formula is C18H22N8O. The van der Waals surface area contributed by atoms with E-state index >= 15 is 0 Å². The molecule has 0 spiro atoms. The molecule has 4 heterocycles. The second-order valence-electron chi connectivity index (χ2n) is 6.76. The van der Waals surface area contributed by atoms with Gasteiger partial charge in [-0.1, -0.05) is 0 Å². The molecule has 1 fully saturated rings. The monoisotopic (exact) mass is 366 g/mol. The Morgan fingerprint density at radius 2 is 2.04 bits per heavy atom. The maximum absolute atomic E-state index is 12.5. The SMILES string of the molecule is CN[C@@H]1CCN(c2cnc(C(=O)Nc3cn4cc(C)nc(C)c4n3)cn2)C1. The minimum Gasteiger partial charge on any atom is -0.354 e. The van der Waals surface area contributed by atoms with E-state index in [-0.39, 0.29) is 11.6 Å². The van der Waals surface area contributed by atoms with Gasteiger partial charge in [0.25, 0.3) is 5.91 Å². The molecule has 3 aromatic rings. The molecule has 9 heteroatoms. The Kier molecular flexibility index (Phi) is 4.44. The highest BCUT2D eigenvalue weighted by Crippen LogP contribution is 2.17. The second kappa shape index (κ2) is 6.92. The fourth-order valence-corrected chi connectivity index (χ4v) is 3.35. The van der Waals surface area contributed by atoms with Crippen LogP contribution in [0.15, 0.2) is 24.8 Å². The number of nitrogens with one attached hydrogen (secondary N) is 2. The summed E-state index contributed by atoms with van der Waals surface area (Å²) in [5, 5.41) is 6.05. The lowest BCUT2D eigenvalue weighted by molar-refractivity contribution is 0.102. The maximum atomic E-state index is 12.5. The number of hydrogen-bond donors (Lipinski definition) is 2. The fraction of sp³-hybridized carbons (Fsp3) is 0.389. The van der Waals surface area contributed by atoms with Crippen LogP contribution in [0, 0.1) is 13.8 Å². The van der Waals surface area contributed by atoms with Gasteiger partial charge in [-0.3, -0.25) is 9.78 Å². The van der Waals surface area contributed by atoms with Crippen LogP contribution in [0.5, 0.6) is 0 Å². The Balaban J connectivity index is 1.48. The summed E-state index contributed by atoms with van der Waals surface area (Å²) in [5.41, 5.74) is 2.67. The molecule has 1 aliphatic heterocycles. The maximum Gasteiger partial charge on any atom is 0.277 e. The van der Waals surface area contributed by atoms with E-state index in [9.17, 15) is 4.79 Å². The predicted molar refractivity (Wildman–Crippen MR) is 102 cm³/mol. The van der Waals surface area contributed by atoms with Gasteiger partial charge in [0.15, 0.2) is 11.5 Å². The normalized spacial score (nSPS) is 16.9. The van der Waals surface area contributed by atoms with Crippen LogP contribution in [0.25, 0.3) is 5.65 Å². The van der Waals surface area contributed by atoms with Crippen LogP contribution >= 0.6 is 0 Å². The van der Waals surface area contributed by atoms with E-state index in [1.807, 2.05) is 31.5 Å². The summed E-state index contributed by atoms with van der Waals surface area (Å²) in [6, 6.07) is 0.464. The standard InChI is InChI=1S/C18H22N8O/c1-11-8-26-10-15(23-17(26)12(2)22-11)24-18(27)14-6-21-16(7-20-14)25-5-4-13(9-25)19-3/h6-8,10,13,19H,4-5,9H2,1-3H3,(H,24,27)/t13-/m1/s1. The van der Waals surface area contributed by atoms with Crippen LogP contribution in [0.1, 0.15) is 28.3 Å². The number of hydrogen-bond acceptors (Lipinski definition) is 7. The van der Waals surface area contributed by atoms with E-state index in [4.69, 9.17) is 0 Å². The molecule has 4 rings (SSSR count). The first-order chi connectivity index (χ1) is 13.0. The van der Waals surface area contributed by atoms with Crippen LogP contribution < -0.4 is 15.5 Å². The molecule has 140 valence electrons. The van der Waals surface area contributed by atoms with Gasteiger partial charge in [-0.25, -0.2) is 15.0 Å². The topological polar surface area (TPSA) is 100 Å². The highest BCUT2D eigenvalue weighted by molar-refractivity contribution is 6.02. The quantitative estimate of drug-likeness (QED) is 0.715. The molecule has 1 aliphatic rings. The first-order valence-electron chi connectivity index (χ1n) is 8.92. The first-order valence-corrected chi connectivity index (χ1v) is 8.92. The van der Waals surface area contributed by atoms with Crippen LogP contribution in [0.3, 0.4) is 0 Å². The molecule has 27 heavy (non-hydrogen) atoms. The largest absolute Gasteiger partial charge is 0.354 e. The molecule has 1 atom stereocenters. The lowest BCUT2D eigenvalue weighted by Crippen LogP contribution is -2.30. The molecule has 0 radical (unpaired) electrons. The van der Waals surface area contributed by atoms with Crippen molar-refractivity contribution < 1.29 is 4.79 Å². The highest BCUT2D eigenvalue weighted by Gasteiger charge is 2.22. The number of fused-ring (bicyclic) bond motifs is 1. The molecule has 0 aromatic carbocycles. The summed E-state index contributed by atoms with van der Waals surface area (Å²) < 4.78 is 1.85. The summed E-state index contributed by atoms with van der Waals surface area (Å²) in [6.45, 7) is 5.63. The summed E-state index contributed by atoms with van der Waals surface area (Å²) in [4.78, 5) is 32.1. The fourth-order valence-electron chi connectivity index (χ4n) is 3.35. The third-order valence-electron chi connectivity index (χ3n) is 4.76. The van der Waals surface area contributed by atoms with Gasteiger partial charge in [-0.15, -0.1) is 0 Å². The van der Waals surface area contributed by atoms with Gasteiger partial charge in [0.1, 0.15) is 11.5 Å². The Morgan fingerprint density at radius 1 is 1.19 bits per heavy atom. The van der Waals surface area contributed by atoms with E-state index in [2.05, 4.69) is 35.5 Å². The number of imidazole rings is 1. The van der Waals surface area contributed by atoms with Gasteiger partial charge in [0.2, 0.25) is 0 Å². The number of aryl methyl sites for hydroxylation is 2. The Bertz CT molecular complexity index is 981. The summed E-state index contributed by atoms with van der Waals surface area (Å²) in [6.07, 6.45) is 7.85. The second-order valence-corrected chi connectivity index (χ2v) is 6.76. The van der Waals surface area contributed by atoms with Crippen molar-refractivity contribution in [3.63, 3.8) is 0 Å². The number of aromatic nitrogens is 5. The number of carbonyl (C=O) groups is 1. The van der Waals surface area contributed by atoms with Gasteiger partial charge in [-0.2, -0.15) is 0 Å². The minimum atomic E-state index is -0.339. The lowest BCUT2D eigenvalue weighted by atomic mass is 10.3. The number of likely N-dealkylation sites (N-methyl/N-ethyl adjacent to an activating group) is 1. The molecule has 0 bridgehead atoms. The number of carbonyl (C=O) groups excluding carboxylic acids is 1.